The zero-order valence-corrected chi connectivity index (χ0v) is 11.7. The van der Waals surface area contributed by atoms with Crippen LogP contribution in [0.15, 0.2) is 12.7 Å². The summed E-state index contributed by atoms with van der Waals surface area (Å²) in [4.78, 5) is 24.7. The summed E-state index contributed by atoms with van der Waals surface area (Å²) in [7, 11) is 0. The lowest BCUT2D eigenvalue weighted by Gasteiger charge is -2.51. The van der Waals surface area contributed by atoms with Crippen LogP contribution in [0.3, 0.4) is 0 Å². The number of carboxylic acid groups (broad SMARTS) is 1. The van der Waals surface area contributed by atoms with Gasteiger partial charge in [0.05, 0.1) is 5.41 Å². The third kappa shape index (κ3) is 3.01. The third-order valence-electron chi connectivity index (χ3n) is 4.36. The van der Waals surface area contributed by atoms with Gasteiger partial charge in [-0.15, -0.1) is 0 Å². The molecular formula is C14H19F2NO4. The Morgan fingerprint density at radius 1 is 1.43 bits per heavy atom. The van der Waals surface area contributed by atoms with Crippen molar-refractivity contribution < 1.29 is 28.2 Å². The van der Waals surface area contributed by atoms with Gasteiger partial charge in [0, 0.05) is 25.9 Å². The van der Waals surface area contributed by atoms with Crippen molar-refractivity contribution in [2.45, 2.75) is 31.6 Å². The SMILES string of the molecule is C=CCOC(=O)N1CCCC(C2(C(=O)O)CC(F)(F)C2)C1. The first-order valence-corrected chi connectivity index (χ1v) is 6.94. The van der Waals surface area contributed by atoms with E-state index in [0.29, 0.717) is 19.4 Å². The number of nitrogens with zero attached hydrogens (tertiary/aromatic N) is 1. The van der Waals surface area contributed by atoms with Crippen LogP contribution in [0.5, 0.6) is 0 Å². The third-order valence-corrected chi connectivity index (χ3v) is 4.36. The van der Waals surface area contributed by atoms with Gasteiger partial charge in [0.25, 0.3) is 0 Å². The minimum Gasteiger partial charge on any atom is -0.481 e. The van der Waals surface area contributed by atoms with E-state index < -0.39 is 42.2 Å². The fraction of sp³-hybridized carbons (Fsp3) is 0.714. The lowest BCUT2D eigenvalue weighted by atomic mass is 9.57. The van der Waals surface area contributed by atoms with Crippen molar-refractivity contribution in [2.24, 2.45) is 11.3 Å². The molecule has 0 aromatic rings. The highest BCUT2D eigenvalue weighted by molar-refractivity contribution is 5.77. The monoisotopic (exact) mass is 303 g/mol. The van der Waals surface area contributed by atoms with Crippen molar-refractivity contribution in [1.82, 2.24) is 4.90 Å². The van der Waals surface area contributed by atoms with Gasteiger partial charge in [-0.05, 0) is 18.8 Å². The summed E-state index contributed by atoms with van der Waals surface area (Å²) in [6, 6.07) is 0. The molecule has 5 nitrogen and oxygen atoms in total. The van der Waals surface area contributed by atoms with Crippen molar-refractivity contribution in [2.75, 3.05) is 19.7 Å². The number of carboxylic acids is 1. The highest BCUT2D eigenvalue weighted by atomic mass is 19.3. The standard InChI is InChI=1S/C14H19F2NO4/c1-2-6-21-12(20)17-5-3-4-10(7-17)13(11(18)19)8-14(15,16)9-13/h2,10H,1,3-9H2,(H,18,19). The maximum Gasteiger partial charge on any atom is 0.410 e. The Balaban J connectivity index is 2.04. The van der Waals surface area contributed by atoms with Crippen LogP contribution in [0.1, 0.15) is 25.7 Å². The molecule has 2 fully saturated rings. The van der Waals surface area contributed by atoms with Crippen LogP contribution in [0.25, 0.3) is 0 Å². The zero-order valence-electron chi connectivity index (χ0n) is 11.7. The number of alkyl halides is 2. The van der Waals surface area contributed by atoms with Crippen molar-refractivity contribution in [1.29, 1.82) is 0 Å². The molecular weight excluding hydrogens is 284 g/mol. The summed E-state index contributed by atoms with van der Waals surface area (Å²) in [5.41, 5.74) is -1.42. The van der Waals surface area contributed by atoms with Gasteiger partial charge in [-0.1, -0.05) is 12.7 Å². The molecule has 21 heavy (non-hydrogen) atoms. The van der Waals surface area contributed by atoms with Gasteiger partial charge in [-0.3, -0.25) is 4.79 Å². The number of aliphatic carboxylic acids is 1. The van der Waals surface area contributed by atoms with E-state index in [2.05, 4.69) is 6.58 Å². The first-order valence-electron chi connectivity index (χ1n) is 6.94. The van der Waals surface area contributed by atoms with E-state index in [-0.39, 0.29) is 13.2 Å². The molecule has 1 N–H and O–H groups in total. The van der Waals surface area contributed by atoms with Crippen molar-refractivity contribution in [3.63, 3.8) is 0 Å². The van der Waals surface area contributed by atoms with Crippen LogP contribution in [0.2, 0.25) is 0 Å². The van der Waals surface area contributed by atoms with Crippen LogP contribution in [0.4, 0.5) is 13.6 Å². The van der Waals surface area contributed by atoms with E-state index in [4.69, 9.17) is 4.74 Å². The Morgan fingerprint density at radius 2 is 2.10 bits per heavy atom. The lowest BCUT2D eigenvalue weighted by molar-refractivity contribution is -0.210. The largest absolute Gasteiger partial charge is 0.481 e. The molecule has 2 aliphatic rings. The summed E-state index contributed by atoms with van der Waals surface area (Å²) in [5.74, 6) is -4.57. The van der Waals surface area contributed by atoms with Crippen LogP contribution in [-0.4, -0.2) is 47.7 Å². The van der Waals surface area contributed by atoms with Crippen LogP contribution >= 0.6 is 0 Å². The molecule has 1 atom stereocenters. The van der Waals surface area contributed by atoms with Gasteiger partial charge in [-0.25, -0.2) is 13.6 Å². The van der Waals surface area contributed by atoms with Crippen molar-refractivity contribution in [3.05, 3.63) is 12.7 Å². The molecule has 1 amide bonds. The van der Waals surface area contributed by atoms with E-state index in [9.17, 15) is 23.5 Å². The van der Waals surface area contributed by atoms with Gasteiger partial charge in [0.2, 0.25) is 5.92 Å². The molecule has 0 radical (unpaired) electrons. The molecule has 1 aliphatic heterocycles. The van der Waals surface area contributed by atoms with Gasteiger partial charge in [0.15, 0.2) is 0 Å². The Morgan fingerprint density at radius 3 is 2.62 bits per heavy atom. The molecule has 1 saturated carbocycles. The summed E-state index contributed by atoms with van der Waals surface area (Å²) >= 11 is 0. The molecule has 2 rings (SSSR count). The second kappa shape index (κ2) is 5.61. The molecule has 1 unspecified atom stereocenters. The molecule has 1 saturated heterocycles. The average molecular weight is 303 g/mol. The van der Waals surface area contributed by atoms with Crippen molar-refractivity contribution in [3.8, 4) is 0 Å². The summed E-state index contributed by atoms with van der Waals surface area (Å²) in [5, 5.41) is 9.35. The summed E-state index contributed by atoms with van der Waals surface area (Å²) in [6.07, 6.45) is 0.726. The van der Waals surface area contributed by atoms with Gasteiger partial charge in [0.1, 0.15) is 6.61 Å². The second-order valence-electron chi connectivity index (χ2n) is 5.82. The quantitative estimate of drug-likeness (QED) is 0.810. The number of rotatable bonds is 4. The maximum absolute atomic E-state index is 13.2. The predicted molar refractivity (Wildman–Crippen MR) is 70.1 cm³/mol. The van der Waals surface area contributed by atoms with Crippen LogP contribution < -0.4 is 0 Å². The molecule has 0 aromatic carbocycles. The van der Waals surface area contributed by atoms with Gasteiger partial charge in [-0.2, -0.15) is 0 Å². The second-order valence-corrected chi connectivity index (χ2v) is 5.82. The molecule has 1 heterocycles. The molecule has 7 heteroatoms. The summed E-state index contributed by atoms with van der Waals surface area (Å²) in [6.45, 7) is 4.12. The number of halogens is 2. The Hall–Kier alpha value is -1.66. The first kappa shape index (κ1) is 15.7. The molecule has 0 spiro atoms. The number of carbonyl (C=O) groups is 2. The molecule has 0 aromatic heterocycles. The number of piperidine rings is 1. The normalized spacial score (nSPS) is 26.6. The first-order chi connectivity index (χ1) is 9.81. The molecule has 1 aliphatic carbocycles. The number of likely N-dealkylation sites (tertiary alicyclic amines) is 1. The number of carbonyl (C=O) groups excluding carboxylic acids is 1. The summed E-state index contributed by atoms with van der Waals surface area (Å²) < 4.78 is 31.3. The fourth-order valence-corrected chi connectivity index (χ4v) is 3.30. The number of ether oxygens (including phenoxy) is 1. The van der Waals surface area contributed by atoms with E-state index in [1.807, 2.05) is 0 Å². The van der Waals surface area contributed by atoms with E-state index in [1.165, 1.54) is 11.0 Å². The van der Waals surface area contributed by atoms with Crippen LogP contribution in [0, 0.1) is 11.3 Å². The Bertz CT molecular complexity index is 444. The minimum absolute atomic E-state index is 0.0716. The van der Waals surface area contributed by atoms with Crippen molar-refractivity contribution >= 4 is 12.1 Å². The highest BCUT2D eigenvalue weighted by Crippen LogP contribution is 2.58. The lowest BCUT2D eigenvalue weighted by Crippen LogP contribution is -2.59. The predicted octanol–water partition coefficient (Wildman–Crippen LogP) is 2.52. The zero-order chi connectivity index (χ0) is 15.7. The molecule has 0 bridgehead atoms. The maximum atomic E-state index is 13.2. The topological polar surface area (TPSA) is 66.8 Å². The average Bonchev–Trinajstić information content (AvgIpc) is 2.41. The minimum atomic E-state index is -2.91. The van der Waals surface area contributed by atoms with E-state index in [0.717, 1.165) is 0 Å². The smallest absolute Gasteiger partial charge is 0.410 e. The Labute approximate surface area is 121 Å². The van der Waals surface area contributed by atoms with Gasteiger partial charge < -0.3 is 14.7 Å². The van der Waals surface area contributed by atoms with E-state index >= 15 is 0 Å². The van der Waals surface area contributed by atoms with E-state index in [1.54, 1.807) is 0 Å². The number of hydrogen-bond acceptors (Lipinski definition) is 3. The fourth-order valence-electron chi connectivity index (χ4n) is 3.30. The molecule has 118 valence electrons. The number of hydrogen-bond donors (Lipinski definition) is 1. The van der Waals surface area contributed by atoms with Crippen LogP contribution in [-0.2, 0) is 9.53 Å². The Kier molecular flexibility index (Phi) is 4.20. The van der Waals surface area contributed by atoms with Gasteiger partial charge >= 0.3 is 12.1 Å². The highest BCUT2D eigenvalue weighted by Gasteiger charge is 2.64. The number of amides is 1.